The zero-order valence-electron chi connectivity index (χ0n) is 12.3. The molecule has 2 aromatic rings. The minimum absolute atomic E-state index is 0.199. The van der Waals surface area contributed by atoms with Crippen LogP contribution < -0.4 is 5.32 Å². The van der Waals surface area contributed by atoms with Crippen molar-refractivity contribution in [3.8, 4) is 0 Å². The first-order valence-electron chi connectivity index (χ1n) is 7.76. The predicted molar refractivity (Wildman–Crippen MR) is 85.1 cm³/mol. The van der Waals surface area contributed by atoms with Crippen LogP contribution >= 0.6 is 0 Å². The fraction of sp³-hybridized carbons (Fsp3) is 0.471. The standard InChI is InChI=1S/C17H23N3O/c21-11-10-20(13-16-7-3-8-18-16)12-15-5-1-4-14-6-2-9-19-17(14)15/h1-2,4-6,9,16,18,21H,3,7-8,10-13H2. The molecule has 0 radical (unpaired) electrons. The summed E-state index contributed by atoms with van der Waals surface area (Å²) in [5.41, 5.74) is 2.31. The molecular weight excluding hydrogens is 262 g/mol. The minimum Gasteiger partial charge on any atom is -0.395 e. The maximum Gasteiger partial charge on any atom is 0.0746 e. The van der Waals surface area contributed by atoms with E-state index >= 15 is 0 Å². The molecule has 21 heavy (non-hydrogen) atoms. The third-order valence-electron chi connectivity index (χ3n) is 4.17. The van der Waals surface area contributed by atoms with E-state index in [0.29, 0.717) is 12.6 Å². The van der Waals surface area contributed by atoms with Crippen molar-refractivity contribution in [2.75, 3.05) is 26.2 Å². The van der Waals surface area contributed by atoms with Gasteiger partial charge in [0.05, 0.1) is 12.1 Å². The van der Waals surface area contributed by atoms with E-state index in [9.17, 15) is 5.11 Å². The lowest BCUT2D eigenvalue weighted by Gasteiger charge is -2.25. The summed E-state index contributed by atoms with van der Waals surface area (Å²) in [7, 11) is 0. The molecule has 2 heterocycles. The fourth-order valence-electron chi connectivity index (χ4n) is 3.14. The quantitative estimate of drug-likeness (QED) is 0.849. The molecule has 1 unspecified atom stereocenters. The van der Waals surface area contributed by atoms with Crippen LogP contribution in [-0.2, 0) is 6.54 Å². The lowest BCUT2D eigenvalue weighted by Crippen LogP contribution is -2.38. The van der Waals surface area contributed by atoms with Gasteiger partial charge in [-0.1, -0.05) is 24.3 Å². The van der Waals surface area contributed by atoms with Crippen LogP contribution in [0.25, 0.3) is 10.9 Å². The Balaban J connectivity index is 1.76. The Hall–Kier alpha value is -1.49. The van der Waals surface area contributed by atoms with Crippen LogP contribution in [0.15, 0.2) is 36.5 Å². The van der Waals surface area contributed by atoms with Gasteiger partial charge in [0, 0.05) is 37.3 Å². The molecule has 4 nitrogen and oxygen atoms in total. The van der Waals surface area contributed by atoms with Gasteiger partial charge in [0.15, 0.2) is 0 Å². The molecule has 1 saturated heterocycles. The number of nitrogens with zero attached hydrogens (tertiary/aromatic N) is 2. The second-order valence-electron chi connectivity index (χ2n) is 5.74. The summed E-state index contributed by atoms with van der Waals surface area (Å²) in [6.07, 6.45) is 4.34. The molecule has 1 aliphatic rings. The third kappa shape index (κ3) is 3.59. The lowest BCUT2D eigenvalue weighted by atomic mass is 10.1. The number of aliphatic hydroxyl groups excluding tert-OH is 1. The summed E-state index contributed by atoms with van der Waals surface area (Å²) in [6.45, 7) is 3.86. The molecule has 0 aliphatic carbocycles. The van der Waals surface area contributed by atoms with Crippen molar-refractivity contribution in [2.45, 2.75) is 25.4 Å². The number of benzene rings is 1. The monoisotopic (exact) mass is 285 g/mol. The van der Waals surface area contributed by atoms with E-state index in [1.54, 1.807) is 0 Å². The average molecular weight is 285 g/mol. The molecule has 1 aromatic carbocycles. The van der Waals surface area contributed by atoms with Crippen LogP contribution in [-0.4, -0.2) is 47.3 Å². The van der Waals surface area contributed by atoms with Crippen LogP contribution in [0.5, 0.6) is 0 Å². The van der Waals surface area contributed by atoms with Gasteiger partial charge in [-0.2, -0.15) is 0 Å². The Morgan fingerprint density at radius 1 is 1.29 bits per heavy atom. The molecule has 3 rings (SSSR count). The van der Waals surface area contributed by atoms with Crippen molar-refractivity contribution < 1.29 is 5.11 Å². The van der Waals surface area contributed by atoms with Crippen molar-refractivity contribution in [3.63, 3.8) is 0 Å². The number of fused-ring (bicyclic) bond motifs is 1. The Bertz CT molecular complexity index is 576. The van der Waals surface area contributed by atoms with Crippen molar-refractivity contribution in [2.24, 2.45) is 0 Å². The Morgan fingerprint density at radius 3 is 3.00 bits per heavy atom. The van der Waals surface area contributed by atoms with E-state index in [0.717, 1.165) is 25.2 Å². The van der Waals surface area contributed by atoms with Crippen molar-refractivity contribution in [1.82, 2.24) is 15.2 Å². The fourth-order valence-corrected chi connectivity index (χ4v) is 3.14. The summed E-state index contributed by atoms with van der Waals surface area (Å²) >= 11 is 0. The Kier molecular flexibility index (Phi) is 4.80. The summed E-state index contributed by atoms with van der Waals surface area (Å²) < 4.78 is 0. The maximum absolute atomic E-state index is 9.32. The summed E-state index contributed by atoms with van der Waals surface area (Å²) in [5.74, 6) is 0. The highest BCUT2D eigenvalue weighted by Crippen LogP contribution is 2.18. The van der Waals surface area contributed by atoms with Gasteiger partial charge in [-0.25, -0.2) is 0 Å². The zero-order valence-corrected chi connectivity index (χ0v) is 12.3. The SMILES string of the molecule is OCCN(Cc1cccc2cccnc12)CC1CCCN1. The first-order valence-corrected chi connectivity index (χ1v) is 7.76. The van der Waals surface area contributed by atoms with Gasteiger partial charge in [0.1, 0.15) is 0 Å². The van der Waals surface area contributed by atoms with E-state index in [1.807, 2.05) is 12.3 Å². The molecular formula is C17H23N3O. The smallest absolute Gasteiger partial charge is 0.0746 e. The molecule has 1 aliphatic heterocycles. The number of para-hydroxylation sites is 1. The van der Waals surface area contributed by atoms with E-state index in [1.165, 1.54) is 23.8 Å². The Labute approximate surface area is 125 Å². The van der Waals surface area contributed by atoms with Crippen LogP contribution in [0.2, 0.25) is 0 Å². The first-order chi connectivity index (χ1) is 10.4. The van der Waals surface area contributed by atoms with Crippen LogP contribution in [0.4, 0.5) is 0 Å². The number of aromatic nitrogens is 1. The normalized spacial score (nSPS) is 18.7. The number of hydrogen-bond donors (Lipinski definition) is 2. The summed E-state index contributed by atoms with van der Waals surface area (Å²) in [5, 5.41) is 14.0. The molecule has 2 N–H and O–H groups in total. The van der Waals surface area contributed by atoms with Gasteiger partial charge in [-0.05, 0) is 31.0 Å². The third-order valence-corrected chi connectivity index (χ3v) is 4.17. The molecule has 0 amide bonds. The predicted octanol–water partition coefficient (Wildman–Crippen LogP) is 1.78. The highest BCUT2D eigenvalue weighted by molar-refractivity contribution is 5.81. The van der Waals surface area contributed by atoms with Crippen LogP contribution in [0.3, 0.4) is 0 Å². The summed E-state index contributed by atoms with van der Waals surface area (Å²) in [6, 6.07) is 11.0. The van der Waals surface area contributed by atoms with Gasteiger partial charge in [-0.3, -0.25) is 9.88 Å². The minimum atomic E-state index is 0.199. The van der Waals surface area contributed by atoms with Crippen LogP contribution in [0, 0.1) is 0 Å². The molecule has 4 heteroatoms. The number of rotatable bonds is 6. The summed E-state index contributed by atoms with van der Waals surface area (Å²) in [4.78, 5) is 6.85. The Morgan fingerprint density at radius 2 is 2.19 bits per heavy atom. The number of pyridine rings is 1. The lowest BCUT2D eigenvalue weighted by molar-refractivity contribution is 0.179. The molecule has 0 bridgehead atoms. The van der Waals surface area contributed by atoms with E-state index in [4.69, 9.17) is 0 Å². The molecule has 0 saturated carbocycles. The van der Waals surface area contributed by atoms with E-state index in [2.05, 4.69) is 39.5 Å². The topological polar surface area (TPSA) is 48.4 Å². The molecule has 1 atom stereocenters. The van der Waals surface area contributed by atoms with Crippen molar-refractivity contribution in [1.29, 1.82) is 0 Å². The average Bonchev–Trinajstić information content (AvgIpc) is 3.01. The van der Waals surface area contributed by atoms with Gasteiger partial charge < -0.3 is 10.4 Å². The highest BCUT2D eigenvalue weighted by Gasteiger charge is 2.18. The molecule has 1 fully saturated rings. The number of nitrogens with one attached hydrogen (secondary N) is 1. The van der Waals surface area contributed by atoms with Gasteiger partial charge in [0.2, 0.25) is 0 Å². The number of hydrogen-bond acceptors (Lipinski definition) is 4. The highest BCUT2D eigenvalue weighted by atomic mass is 16.3. The largest absolute Gasteiger partial charge is 0.395 e. The van der Waals surface area contributed by atoms with E-state index in [-0.39, 0.29) is 6.61 Å². The van der Waals surface area contributed by atoms with Gasteiger partial charge in [-0.15, -0.1) is 0 Å². The maximum atomic E-state index is 9.32. The second kappa shape index (κ2) is 6.98. The van der Waals surface area contributed by atoms with Crippen LogP contribution in [0.1, 0.15) is 18.4 Å². The zero-order chi connectivity index (χ0) is 14.5. The van der Waals surface area contributed by atoms with Gasteiger partial charge in [0.25, 0.3) is 0 Å². The van der Waals surface area contributed by atoms with E-state index < -0.39 is 0 Å². The van der Waals surface area contributed by atoms with Crippen molar-refractivity contribution in [3.05, 3.63) is 42.1 Å². The number of aliphatic hydroxyl groups is 1. The molecule has 112 valence electrons. The molecule has 1 aromatic heterocycles. The molecule has 0 spiro atoms. The van der Waals surface area contributed by atoms with Crippen molar-refractivity contribution >= 4 is 10.9 Å². The first kappa shape index (κ1) is 14.4. The van der Waals surface area contributed by atoms with Gasteiger partial charge >= 0.3 is 0 Å². The second-order valence-corrected chi connectivity index (χ2v) is 5.74.